The van der Waals surface area contributed by atoms with Crippen LogP contribution in [0, 0.1) is 17.9 Å². The van der Waals surface area contributed by atoms with Crippen LogP contribution in [0.5, 0.6) is 0 Å². The summed E-state index contributed by atoms with van der Waals surface area (Å²) in [6.07, 6.45) is 0. The largest absolute Gasteiger partial charge is 0.238 e. The molecular formula is C45H26N2. The fraction of sp³-hybridized carbons (Fsp3) is 0.0222. The smallest absolute Gasteiger partial charge is 0.187 e. The first-order valence-corrected chi connectivity index (χ1v) is 15.8. The van der Waals surface area contributed by atoms with Crippen molar-refractivity contribution in [1.29, 1.82) is 5.26 Å². The summed E-state index contributed by atoms with van der Waals surface area (Å²) >= 11 is 0. The van der Waals surface area contributed by atoms with E-state index in [4.69, 9.17) is 6.57 Å². The molecule has 0 saturated carbocycles. The molecule has 216 valence electrons. The van der Waals surface area contributed by atoms with Crippen LogP contribution in [0.25, 0.3) is 60.5 Å². The van der Waals surface area contributed by atoms with Crippen LogP contribution in [0.15, 0.2) is 158 Å². The number of hydrogen-bond donors (Lipinski definition) is 0. The van der Waals surface area contributed by atoms with Crippen LogP contribution in [0.2, 0.25) is 0 Å². The minimum absolute atomic E-state index is 0.605. The van der Waals surface area contributed by atoms with E-state index in [-0.39, 0.29) is 0 Å². The van der Waals surface area contributed by atoms with Crippen molar-refractivity contribution in [2.24, 2.45) is 0 Å². The highest BCUT2D eigenvalue weighted by Gasteiger charge is 2.49. The van der Waals surface area contributed by atoms with Gasteiger partial charge in [-0.2, -0.15) is 5.26 Å². The second-order valence-electron chi connectivity index (χ2n) is 12.3. The van der Waals surface area contributed by atoms with E-state index in [9.17, 15) is 5.26 Å². The predicted octanol–water partition coefficient (Wildman–Crippen LogP) is 11.5. The first-order chi connectivity index (χ1) is 23.2. The molecule has 0 saturated heterocycles. The zero-order valence-electron chi connectivity index (χ0n) is 25.4. The summed E-state index contributed by atoms with van der Waals surface area (Å²) in [6.45, 7) is 7.46. The molecule has 2 heteroatoms. The molecule has 2 aliphatic rings. The molecule has 2 nitrogen and oxygen atoms in total. The van der Waals surface area contributed by atoms with E-state index in [1.54, 1.807) is 0 Å². The second kappa shape index (κ2) is 10.3. The lowest BCUT2D eigenvalue weighted by atomic mass is 9.65. The van der Waals surface area contributed by atoms with Crippen LogP contribution in [-0.4, -0.2) is 0 Å². The maximum absolute atomic E-state index is 9.47. The summed E-state index contributed by atoms with van der Waals surface area (Å²) in [4.78, 5) is 3.62. The van der Waals surface area contributed by atoms with Crippen molar-refractivity contribution in [2.75, 3.05) is 0 Å². The SMILES string of the molecule is [C-]#[N+]c1ccc(-c2ccc3c(c2)C2(c4cc(-c5ccc(C#N)cc5)ccc4-c4ccccc4-3)c3ccccc3-c3ccccc32)cc1. The van der Waals surface area contributed by atoms with Crippen LogP contribution in [0.3, 0.4) is 0 Å². The number of hydrogen-bond acceptors (Lipinski definition) is 1. The molecule has 0 heterocycles. The minimum atomic E-state index is -0.605. The Morgan fingerprint density at radius 1 is 0.426 bits per heavy atom. The first kappa shape index (κ1) is 26.9. The van der Waals surface area contributed by atoms with Crippen molar-refractivity contribution in [3.8, 4) is 61.7 Å². The molecule has 2 aliphatic carbocycles. The van der Waals surface area contributed by atoms with E-state index in [2.05, 4.69) is 132 Å². The van der Waals surface area contributed by atoms with Crippen LogP contribution in [0.4, 0.5) is 5.69 Å². The summed E-state index contributed by atoms with van der Waals surface area (Å²) in [6, 6.07) is 58.4. The summed E-state index contributed by atoms with van der Waals surface area (Å²) < 4.78 is 0. The summed E-state index contributed by atoms with van der Waals surface area (Å²) in [7, 11) is 0. The lowest BCUT2D eigenvalue weighted by molar-refractivity contribution is 0.776. The molecule has 0 aliphatic heterocycles. The zero-order valence-corrected chi connectivity index (χ0v) is 25.4. The number of nitriles is 1. The maximum atomic E-state index is 9.47. The molecule has 47 heavy (non-hydrogen) atoms. The highest BCUT2D eigenvalue weighted by molar-refractivity contribution is 5.98. The Kier molecular flexibility index (Phi) is 5.88. The number of nitrogens with zero attached hydrogens (tertiary/aromatic N) is 2. The first-order valence-electron chi connectivity index (χ1n) is 15.8. The Morgan fingerprint density at radius 3 is 1.30 bits per heavy atom. The third-order valence-electron chi connectivity index (χ3n) is 9.98. The van der Waals surface area contributed by atoms with Gasteiger partial charge in [0.2, 0.25) is 0 Å². The number of benzene rings is 7. The van der Waals surface area contributed by atoms with E-state index >= 15 is 0 Å². The van der Waals surface area contributed by atoms with Crippen molar-refractivity contribution in [3.05, 3.63) is 197 Å². The van der Waals surface area contributed by atoms with Gasteiger partial charge in [0.25, 0.3) is 0 Å². The normalized spacial score (nSPS) is 12.8. The molecule has 0 N–H and O–H groups in total. The van der Waals surface area contributed by atoms with Gasteiger partial charge >= 0.3 is 0 Å². The molecule has 0 unspecified atom stereocenters. The zero-order chi connectivity index (χ0) is 31.5. The number of rotatable bonds is 2. The molecule has 7 aromatic carbocycles. The van der Waals surface area contributed by atoms with Crippen LogP contribution in [-0.2, 0) is 5.41 Å². The van der Waals surface area contributed by atoms with Gasteiger partial charge in [-0.15, -0.1) is 0 Å². The summed E-state index contributed by atoms with van der Waals surface area (Å²) in [5.41, 5.74) is 17.4. The van der Waals surface area contributed by atoms with Gasteiger partial charge in [0.15, 0.2) is 5.69 Å². The molecule has 0 aromatic heterocycles. The standard InChI is InChI=1S/C45H26N2/c1-47-34-22-18-31(19-23-34)33-21-25-40-36-9-3-2-8-35(36)39-24-20-32(30-16-14-29(28-46)15-17-30)26-43(39)45(44(40)27-33)41-12-6-4-10-37(41)38-11-5-7-13-42(38)45/h2-27H. The van der Waals surface area contributed by atoms with E-state index in [1.807, 2.05) is 36.4 Å². The van der Waals surface area contributed by atoms with E-state index < -0.39 is 5.41 Å². The molecule has 0 fully saturated rings. The van der Waals surface area contributed by atoms with E-state index in [0.29, 0.717) is 11.3 Å². The van der Waals surface area contributed by atoms with Gasteiger partial charge < -0.3 is 0 Å². The Balaban J connectivity index is 1.44. The van der Waals surface area contributed by atoms with Gasteiger partial charge in [-0.3, -0.25) is 0 Å². The molecule has 7 aromatic rings. The average molecular weight is 595 g/mol. The van der Waals surface area contributed by atoms with Crippen molar-refractivity contribution in [1.82, 2.24) is 0 Å². The summed E-state index contributed by atoms with van der Waals surface area (Å²) in [5.74, 6) is 0. The van der Waals surface area contributed by atoms with Gasteiger partial charge in [-0.05, 0) is 102 Å². The van der Waals surface area contributed by atoms with Crippen LogP contribution >= 0.6 is 0 Å². The average Bonchev–Trinajstić information content (AvgIpc) is 3.40. The van der Waals surface area contributed by atoms with Crippen LogP contribution in [0.1, 0.15) is 27.8 Å². The third kappa shape index (κ3) is 3.83. The van der Waals surface area contributed by atoms with E-state index in [1.165, 1.54) is 55.6 Å². The molecule has 1 spiro atoms. The fourth-order valence-corrected chi connectivity index (χ4v) is 7.92. The molecular weight excluding hydrogens is 569 g/mol. The summed E-state index contributed by atoms with van der Waals surface area (Å²) in [5, 5.41) is 9.47. The Labute approximate surface area is 274 Å². The molecule has 0 atom stereocenters. The van der Waals surface area contributed by atoms with Crippen molar-refractivity contribution in [2.45, 2.75) is 5.41 Å². The van der Waals surface area contributed by atoms with E-state index in [0.717, 1.165) is 22.3 Å². The minimum Gasteiger partial charge on any atom is -0.238 e. The highest BCUT2D eigenvalue weighted by atomic mass is 14.6. The number of fused-ring (bicyclic) bond motifs is 12. The Morgan fingerprint density at radius 2 is 0.830 bits per heavy atom. The second-order valence-corrected chi connectivity index (χ2v) is 12.3. The topological polar surface area (TPSA) is 28.1 Å². The van der Waals surface area contributed by atoms with Crippen LogP contribution < -0.4 is 0 Å². The monoisotopic (exact) mass is 594 g/mol. The van der Waals surface area contributed by atoms with Crippen molar-refractivity contribution >= 4 is 5.69 Å². The Hall–Kier alpha value is -6.48. The fourth-order valence-electron chi connectivity index (χ4n) is 7.92. The third-order valence-corrected chi connectivity index (χ3v) is 9.98. The van der Waals surface area contributed by atoms with Crippen molar-refractivity contribution in [3.63, 3.8) is 0 Å². The molecule has 0 bridgehead atoms. The van der Waals surface area contributed by atoms with Crippen molar-refractivity contribution < 1.29 is 0 Å². The molecule has 0 amide bonds. The maximum Gasteiger partial charge on any atom is 0.187 e. The predicted molar refractivity (Wildman–Crippen MR) is 190 cm³/mol. The lowest BCUT2D eigenvalue weighted by Gasteiger charge is -2.36. The van der Waals surface area contributed by atoms with Gasteiger partial charge in [0, 0.05) is 0 Å². The highest BCUT2D eigenvalue weighted by Crippen LogP contribution is 2.62. The Bertz CT molecular complexity index is 2290. The van der Waals surface area contributed by atoms with Gasteiger partial charge in [0.1, 0.15) is 0 Å². The van der Waals surface area contributed by atoms with Gasteiger partial charge in [-0.1, -0.05) is 133 Å². The molecule has 0 radical (unpaired) electrons. The van der Waals surface area contributed by atoms with Gasteiger partial charge in [-0.25, -0.2) is 4.85 Å². The molecule has 9 rings (SSSR count). The lowest BCUT2D eigenvalue weighted by Crippen LogP contribution is -2.29. The quantitative estimate of drug-likeness (QED) is 0.183. The van der Waals surface area contributed by atoms with Gasteiger partial charge in [0.05, 0.1) is 23.6 Å².